The number of aryl methyl sites for hydroxylation is 1. The number of esters is 1. The van der Waals surface area contributed by atoms with E-state index >= 15 is 0 Å². The van der Waals surface area contributed by atoms with Crippen molar-refractivity contribution < 1.29 is 9.53 Å². The Hall–Kier alpha value is -0.350. The quantitative estimate of drug-likeness (QED) is 0.616. The zero-order valence-electron chi connectivity index (χ0n) is 7.93. The monoisotopic (exact) mass is 320 g/mol. The highest BCUT2D eigenvalue weighted by Gasteiger charge is 2.13. The summed E-state index contributed by atoms with van der Waals surface area (Å²) < 4.78 is 5.49. The Bertz CT molecular complexity index is 361. The van der Waals surface area contributed by atoms with Gasteiger partial charge in [0.05, 0.1) is 12.7 Å². The van der Waals surface area contributed by atoms with Gasteiger partial charge in [0.1, 0.15) is 0 Å². The molecule has 0 aromatic heterocycles. The highest BCUT2D eigenvalue weighted by Crippen LogP contribution is 2.26. The molecule has 2 nitrogen and oxygen atoms in total. The van der Waals surface area contributed by atoms with Gasteiger partial charge >= 0.3 is 5.97 Å². The average molecular weight is 322 g/mol. The largest absolute Gasteiger partial charge is 0.465 e. The normalized spacial score (nSPS) is 10.0. The van der Waals surface area contributed by atoms with Crippen molar-refractivity contribution in [2.75, 3.05) is 7.11 Å². The minimum Gasteiger partial charge on any atom is -0.465 e. The first-order valence-corrected chi connectivity index (χ1v) is 5.95. The van der Waals surface area contributed by atoms with Crippen LogP contribution >= 0.6 is 31.9 Å². The van der Waals surface area contributed by atoms with Crippen LogP contribution in [-0.4, -0.2) is 13.1 Å². The molecule has 0 atom stereocenters. The van der Waals surface area contributed by atoms with Crippen LogP contribution in [0.5, 0.6) is 0 Å². The van der Waals surface area contributed by atoms with Crippen molar-refractivity contribution in [3.63, 3.8) is 0 Å². The Kier molecular flexibility index (Phi) is 4.13. The van der Waals surface area contributed by atoms with E-state index in [1.54, 1.807) is 0 Å². The predicted octanol–water partition coefficient (Wildman–Crippen LogP) is 3.44. The maximum absolute atomic E-state index is 11.4. The molecule has 14 heavy (non-hydrogen) atoms. The van der Waals surface area contributed by atoms with Crippen molar-refractivity contribution in [3.05, 3.63) is 33.3 Å². The molecular formula is C10H10Br2O2. The molecule has 1 aromatic carbocycles. The fraction of sp³-hybridized carbons (Fsp3) is 0.300. The summed E-state index contributed by atoms with van der Waals surface area (Å²) in [6, 6.07) is 3.83. The smallest absolute Gasteiger partial charge is 0.339 e. The number of carbonyl (C=O) groups excluding carboxylic acids is 1. The van der Waals surface area contributed by atoms with Gasteiger partial charge in [0.15, 0.2) is 0 Å². The number of hydrogen-bond donors (Lipinski definition) is 0. The van der Waals surface area contributed by atoms with Crippen molar-refractivity contribution in [1.29, 1.82) is 0 Å². The number of ether oxygens (including phenoxy) is 1. The van der Waals surface area contributed by atoms with Crippen molar-refractivity contribution >= 4 is 37.8 Å². The zero-order valence-corrected chi connectivity index (χ0v) is 11.1. The summed E-state index contributed by atoms with van der Waals surface area (Å²) in [7, 11) is 1.38. The van der Waals surface area contributed by atoms with E-state index in [4.69, 9.17) is 0 Å². The summed E-state index contributed by atoms with van der Waals surface area (Å²) in [5, 5.41) is 0.708. The number of halogens is 2. The average Bonchev–Trinajstić information content (AvgIpc) is 2.19. The van der Waals surface area contributed by atoms with Gasteiger partial charge in [0, 0.05) is 9.80 Å². The molecule has 0 saturated carbocycles. The first-order valence-electron chi connectivity index (χ1n) is 4.03. The van der Waals surface area contributed by atoms with E-state index in [0.29, 0.717) is 10.9 Å². The van der Waals surface area contributed by atoms with Crippen LogP contribution in [0, 0.1) is 6.92 Å². The maximum atomic E-state index is 11.4. The second-order valence-corrected chi connectivity index (χ2v) is 4.26. The van der Waals surface area contributed by atoms with Crippen LogP contribution in [0.2, 0.25) is 0 Å². The topological polar surface area (TPSA) is 26.3 Å². The molecule has 76 valence electrons. The highest BCUT2D eigenvalue weighted by molar-refractivity contribution is 9.10. The van der Waals surface area contributed by atoms with Crippen molar-refractivity contribution in [2.24, 2.45) is 0 Å². The number of alkyl halides is 1. The number of carbonyl (C=O) groups is 1. The Morgan fingerprint density at radius 1 is 1.50 bits per heavy atom. The molecule has 0 unspecified atom stereocenters. The van der Waals surface area contributed by atoms with Crippen molar-refractivity contribution in [1.82, 2.24) is 0 Å². The maximum Gasteiger partial charge on any atom is 0.339 e. The first-order chi connectivity index (χ1) is 6.60. The molecule has 0 N–H and O–H groups in total. The lowest BCUT2D eigenvalue weighted by Gasteiger charge is -2.08. The third kappa shape index (κ3) is 2.36. The molecule has 0 amide bonds. The van der Waals surface area contributed by atoms with Gasteiger partial charge in [-0.2, -0.15) is 0 Å². The Morgan fingerprint density at radius 3 is 2.64 bits per heavy atom. The Labute approximate surface area is 99.9 Å². The second-order valence-electron chi connectivity index (χ2n) is 2.91. The minimum atomic E-state index is -0.317. The van der Waals surface area contributed by atoms with Gasteiger partial charge in [-0.1, -0.05) is 22.0 Å². The number of methoxy groups -OCH3 is 1. The van der Waals surface area contributed by atoms with Gasteiger partial charge in [0.25, 0.3) is 0 Å². The predicted molar refractivity (Wildman–Crippen MR) is 62.8 cm³/mol. The lowest BCUT2D eigenvalue weighted by molar-refractivity contribution is 0.0599. The fourth-order valence-electron chi connectivity index (χ4n) is 1.20. The third-order valence-corrected chi connectivity index (χ3v) is 3.38. The summed E-state index contributed by atoms with van der Waals surface area (Å²) >= 11 is 6.75. The standard InChI is InChI=1S/C10H10Br2O2/c1-6-3-7(5-11)9(12)8(4-6)10(13)14-2/h3-4H,5H2,1-2H3. The molecule has 1 rings (SSSR count). The molecule has 1 aromatic rings. The van der Waals surface area contributed by atoms with Crippen LogP contribution in [0.1, 0.15) is 21.5 Å². The molecule has 0 aliphatic carbocycles. The molecule has 4 heteroatoms. The van der Waals surface area contributed by atoms with Crippen LogP contribution < -0.4 is 0 Å². The number of hydrogen-bond acceptors (Lipinski definition) is 2. The minimum absolute atomic E-state index is 0.317. The van der Waals surface area contributed by atoms with Gasteiger partial charge in [-0.05, 0) is 40.0 Å². The van der Waals surface area contributed by atoms with Gasteiger partial charge < -0.3 is 4.74 Å². The van der Waals surface area contributed by atoms with Crippen LogP contribution in [-0.2, 0) is 10.1 Å². The molecule has 0 fully saturated rings. The summed E-state index contributed by atoms with van der Waals surface area (Å²) in [6.07, 6.45) is 0. The van der Waals surface area contributed by atoms with Gasteiger partial charge in [-0.3, -0.25) is 0 Å². The number of rotatable bonds is 2. The first kappa shape index (κ1) is 11.7. The van der Waals surface area contributed by atoms with Crippen LogP contribution in [0.4, 0.5) is 0 Å². The third-order valence-electron chi connectivity index (χ3n) is 1.84. The molecule has 0 bridgehead atoms. The molecule has 0 aliphatic rings. The van der Waals surface area contributed by atoms with E-state index < -0.39 is 0 Å². The van der Waals surface area contributed by atoms with E-state index in [9.17, 15) is 4.79 Å². The fourth-order valence-corrected chi connectivity index (χ4v) is 2.55. The highest BCUT2D eigenvalue weighted by atomic mass is 79.9. The van der Waals surface area contributed by atoms with E-state index in [2.05, 4.69) is 36.6 Å². The van der Waals surface area contributed by atoms with Gasteiger partial charge in [-0.15, -0.1) is 0 Å². The van der Waals surface area contributed by atoms with Crippen LogP contribution in [0.15, 0.2) is 16.6 Å². The Morgan fingerprint density at radius 2 is 2.14 bits per heavy atom. The molecule has 0 aliphatic heterocycles. The lowest BCUT2D eigenvalue weighted by atomic mass is 10.1. The van der Waals surface area contributed by atoms with E-state index in [0.717, 1.165) is 15.6 Å². The SMILES string of the molecule is COC(=O)c1cc(C)cc(CBr)c1Br. The summed E-state index contributed by atoms with van der Waals surface area (Å²) in [4.78, 5) is 11.4. The van der Waals surface area contributed by atoms with Crippen LogP contribution in [0.3, 0.4) is 0 Å². The molecule has 0 heterocycles. The number of benzene rings is 1. The molecular weight excluding hydrogens is 312 g/mol. The van der Waals surface area contributed by atoms with E-state index in [-0.39, 0.29) is 5.97 Å². The van der Waals surface area contributed by atoms with Gasteiger partial charge in [0.2, 0.25) is 0 Å². The second kappa shape index (κ2) is 4.94. The van der Waals surface area contributed by atoms with Crippen molar-refractivity contribution in [3.8, 4) is 0 Å². The summed E-state index contributed by atoms with van der Waals surface area (Å²) in [6.45, 7) is 1.95. The lowest BCUT2D eigenvalue weighted by Crippen LogP contribution is -2.04. The summed E-state index contributed by atoms with van der Waals surface area (Å²) in [5.74, 6) is -0.317. The van der Waals surface area contributed by atoms with Crippen molar-refractivity contribution in [2.45, 2.75) is 12.3 Å². The molecule has 0 radical (unpaired) electrons. The van der Waals surface area contributed by atoms with Crippen LogP contribution in [0.25, 0.3) is 0 Å². The molecule has 0 saturated heterocycles. The zero-order chi connectivity index (χ0) is 10.7. The van der Waals surface area contributed by atoms with E-state index in [1.807, 2.05) is 19.1 Å². The van der Waals surface area contributed by atoms with E-state index in [1.165, 1.54) is 7.11 Å². The molecule has 0 spiro atoms. The Balaban J connectivity index is 3.29. The van der Waals surface area contributed by atoms with Gasteiger partial charge in [-0.25, -0.2) is 4.79 Å². The summed E-state index contributed by atoms with van der Waals surface area (Å²) in [5.41, 5.74) is 2.66.